The van der Waals surface area contributed by atoms with Gasteiger partial charge in [-0.15, -0.1) is 0 Å². The van der Waals surface area contributed by atoms with E-state index in [4.69, 9.17) is 9.47 Å². The molecule has 2 atom stereocenters. The summed E-state index contributed by atoms with van der Waals surface area (Å²) in [6.07, 6.45) is 3.06. The van der Waals surface area contributed by atoms with Crippen LogP contribution in [-0.2, 0) is 4.79 Å². The maximum absolute atomic E-state index is 13.0. The van der Waals surface area contributed by atoms with Crippen LogP contribution in [0.5, 0.6) is 11.5 Å². The number of hydrogen-bond acceptors (Lipinski definition) is 4. The SMILES string of the molecule is CC(c1ccccc1)N(C)C(=O)CN1CCCC1c1ccc2c(c1)OCCCO2. The number of likely N-dealkylation sites (N-methyl/N-ethyl adjacent to an activating group) is 1. The summed E-state index contributed by atoms with van der Waals surface area (Å²) in [6, 6.07) is 16.7. The van der Waals surface area contributed by atoms with Crippen LogP contribution in [-0.4, -0.2) is 49.1 Å². The molecule has 154 valence electrons. The second kappa shape index (κ2) is 8.87. The quantitative estimate of drug-likeness (QED) is 0.762. The molecule has 0 bridgehead atoms. The predicted molar refractivity (Wildman–Crippen MR) is 113 cm³/mol. The smallest absolute Gasteiger partial charge is 0.237 e. The van der Waals surface area contributed by atoms with Crippen LogP contribution >= 0.6 is 0 Å². The minimum atomic E-state index is 0.0581. The minimum Gasteiger partial charge on any atom is -0.490 e. The number of amides is 1. The number of carbonyl (C=O) groups is 1. The largest absolute Gasteiger partial charge is 0.490 e. The summed E-state index contributed by atoms with van der Waals surface area (Å²) in [7, 11) is 1.90. The van der Waals surface area contributed by atoms with Gasteiger partial charge in [0.1, 0.15) is 0 Å². The van der Waals surface area contributed by atoms with Crippen molar-refractivity contribution in [3.63, 3.8) is 0 Å². The summed E-state index contributed by atoms with van der Waals surface area (Å²) in [5, 5.41) is 0. The van der Waals surface area contributed by atoms with Gasteiger partial charge in [-0.3, -0.25) is 9.69 Å². The predicted octanol–water partition coefficient (Wildman–Crippen LogP) is 4.20. The average molecular weight is 395 g/mol. The molecule has 0 saturated carbocycles. The van der Waals surface area contributed by atoms with E-state index in [1.54, 1.807) is 0 Å². The third kappa shape index (κ3) is 4.40. The number of likely N-dealkylation sites (tertiary alicyclic amines) is 1. The Balaban J connectivity index is 1.45. The molecule has 5 nitrogen and oxygen atoms in total. The molecule has 2 aliphatic rings. The van der Waals surface area contributed by atoms with Gasteiger partial charge in [0, 0.05) is 19.5 Å². The highest BCUT2D eigenvalue weighted by atomic mass is 16.5. The average Bonchev–Trinajstić information content (AvgIpc) is 3.08. The van der Waals surface area contributed by atoms with Crippen LogP contribution in [0.15, 0.2) is 48.5 Å². The van der Waals surface area contributed by atoms with Gasteiger partial charge in [0.25, 0.3) is 0 Å². The van der Waals surface area contributed by atoms with Gasteiger partial charge in [0.2, 0.25) is 5.91 Å². The molecule has 0 spiro atoms. The first kappa shape index (κ1) is 19.8. The molecule has 2 aromatic carbocycles. The monoisotopic (exact) mass is 394 g/mol. The number of nitrogens with zero attached hydrogens (tertiary/aromatic N) is 2. The molecule has 0 radical (unpaired) electrons. The number of benzene rings is 2. The van der Waals surface area contributed by atoms with Crippen molar-refractivity contribution >= 4 is 5.91 Å². The van der Waals surface area contributed by atoms with Gasteiger partial charge in [0.15, 0.2) is 11.5 Å². The molecule has 2 aliphatic heterocycles. The number of hydrogen-bond donors (Lipinski definition) is 0. The highest BCUT2D eigenvalue weighted by molar-refractivity contribution is 5.78. The Morgan fingerprint density at radius 3 is 2.66 bits per heavy atom. The van der Waals surface area contributed by atoms with E-state index in [1.165, 1.54) is 5.56 Å². The molecule has 29 heavy (non-hydrogen) atoms. The lowest BCUT2D eigenvalue weighted by Crippen LogP contribution is -2.39. The van der Waals surface area contributed by atoms with Crippen LogP contribution in [0.25, 0.3) is 0 Å². The lowest BCUT2D eigenvalue weighted by atomic mass is 10.0. The lowest BCUT2D eigenvalue weighted by Gasteiger charge is -2.30. The van der Waals surface area contributed by atoms with Gasteiger partial charge in [0.05, 0.1) is 25.8 Å². The van der Waals surface area contributed by atoms with Crippen LogP contribution in [0.4, 0.5) is 0 Å². The highest BCUT2D eigenvalue weighted by Crippen LogP contribution is 2.38. The van der Waals surface area contributed by atoms with Gasteiger partial charge in [-0.05, 0) is 49.6 Å². The van der Waals surface area contributed by atoms with E-state index >= 15 is 0 Å². The third-order valence-corrected chi connectivity index (χ3v) is 6.11. The Bertz CT molecular complexity index is 839. The molecule has 0 aromatic heterocycles. The van der Waals surface area contributed by atoms with E-state index in [9.17, 15) is 4.79 Å². The summed E-state index contributed by atoms with van der Waals surface area (Å²) in [4.78, 5) is 17.2. The Hall–Kier alpha value is -2.53. The molecule has 1 fully saturated rings. The highest BCUT2D eigenvalue weighted by Gasteiger charge is 2.30. The molecule has 0 aliphatic carbocycles. The van der Waals surface area contributed by atoms with Crippen LogP contribution in [0.3, 0.4) is 0 Å². The fraction of sp³-hybridized carbons (Fsp3) is 0.458. The Kier molecular flexibility index (Phi) is 6.05. The zero-order valence-electron chi connectivity index (χ0n) is 17.3. The molecular weight excluding hydrogens is 364 g/mol. The molecule has 2 unspecified atom stereocenters. The number of rotatable bonds is 5. The first-order valence-electron chi connectivity index (χ1n) is 10.6. The van der Waals surface area contributed by atoms with E-state index in [0.29, 0.717) is 19.8 Å². The van der Waals surface area contributed by atoms with Crippen molar-refractivity contribution in [3.05, 3.63) is 59.7 Å². The summed E-state index contributed by atoms with van der Waals surface area (Å²) < 4.78 is 11.6. The normalized spacial score (nSPS) is 20.1. The second-order valence-corrected chi connectivity index (χ2v) is 7.98. The molecule has 2 aromatic rings. The van der Waals surface area contributed by atoms with Gasteiger partial charge >= 0.3 is 0 Å². The number of ether oxygens (including phenoxy) is 2. The summed E-state index contributed by atoms with van der Waals surface area (Å²) in [5.74, 6) is 1.80. The summed E-state index contributed by atoms with van der Waals surface area (Å²) in [6.45, 7) is 4.84. The van der Waals surface area contributed by atoms with Crippen LogP contribution < -0.4 is 9.47 Å². The van der Waals surface area contributed by atoms with Crippen molar-refractivity contribution in [1.82, 2.24) is 9.80 Å². The molecule has 5 heteroatoms. The topological polar surface area (TPSA) is 42.0 Å². The van der Waals surface area contributed by atoms with Crippen molar-refractivity contribution in [2.75, 3.05) is 33.4 Å². The zero-order valence-corrected chi connectivity index (χ0v) is 17.3. The Morgan fingerprint density at radius 1 is 1.10 bits per heavy atom. The molecule has 2 heterocycles. The fourth-order valence-corrected chi connectivity index (χ4v) is 4.24. The van der Waals surface area contributed by atoms with Gasteiger partial charge < -0.3 is 14.4 Å². The molecule has 0 N–H and O–H groups in total. The van der Waals surface area contributed by atoms with Gasteiger partial charge in [-0.25, -0.2) is 0 Å². The van der Waals surface area contributed by atoms with Crippen LogP contribution in [0.2, 0.25) is 0 Å². The van der Waals surface area contributed by atoms with Gasteiger partial charge in [-0.1, -0.05) is 36.4 Å². The van der Waals surface area contributed by atoms with Crippen molar-refractivity contribution in [2.45, 2.75) is 38.3 Å². The summed E-state index contributed by atoms with van der Waals surface area (Å²) >= 11 is 0. The maximum atomic E-state index is 13.0. The lowest BCUT2D eigenvalue weighted by molar-refractivity contribution is -0.133. The van der Waals surface area contributed by atoms with Gasteiger partial charge in [-0.2, -0.15) is 0 Å². The first-order chi connectivity index (χ1) is 14.1. The third-order valence-electron chi connectivity index (χ3n) is 6.11. The Morgan fingerprint density at radius 2 is 1.86 bits per heavy atom. The van der Waals surface area contributed by atoms with E-state index in [-0.39, 0.29) is 18.0 Å². The molecule has 4 rings (SSSR count). The van der Waals surface area contributed by atoms with E-state index < -0.39 is 0 Å². The maximum Gasteiger partial charge on any atom is 0.237 e. The van der Waals surface area contributed by atoms with E-state index in [0.717, 1.165) is 42.9 Å². The number of carbonyl (C=O) groups excluding carboxylic acids is 1. The van der Waals surface area contributed by atoms with E-state index in [1.807, 2.05) is 36.2 Å². The number of fused-ring (bicyclic) bond motifs is 1. The fourth-order valence-electron chi connectivity index (χ4n) is 4.24. The van der Waals surface area contributed by atoms with Crippen molar-refractivity contribution in [1.29, 1.82) is 0 Å². The minimum absolute atomic E-state index is 0.0581. The molecular formula is C24H30N2O3. The zero-order chi connectivity index (χ0) is 20.2. The molecule has 1 saturated heterocycles. The van der Waals surface area contributed by atoms with Crippen LogP contribution in [0, 0.1) is 0 Å². The molecule has 1 amide bonds. The van der Waals surface area contributed by atoms with Crippen molar-refractivity contribution in [2.24, 2.45) is 0 Å². The second-order valence-electron chi connectivity index (χ2n) is 7.98. The van der Waals surface area contributed by atoms with Crippen LogP contribution in [0.1, 0.15) is 49.4 Å². The summed E-state index contributed by atoms with van der Waals surface area (Å²) in [5.41, 5.74) is 2.36. The van der Waals surface area contributed by atoms with Crippen molar-refractivity contribution < 1.29 is 14.3 Å². The van der Waals surface area contributed by atoms with E-state index in [2.05, 4.69) is 36.1 Å². The van der Waals surface area contributed by atoms with Crippen molar-refractivity contribution in [3.8, 4) is 11.5 Å². The standard InChI is InChI=1S/C24H30N2O3/c1-18(19-8-4-3-5-9-19)25(2)24(27)17-26-13-6-10-21(26)20-11-12-22-23(16-20)29-15-7-14-28-22/h3-5,8-9,11-12,16,18,21H,6-7,10,13-15,17H2,1-2H3. The first-order valence-corrected chi connectivity index (χ1v) is 10.6. The Labute approximate surface area is 173 Å².